The molecule has 6 nitrogen and oxygen atoms in total. The van der Waals surface area contributed by atoms with E-state index < -0.39 is 15.9 Å². The molecule has 96 valence electrons. The van der Waals surface area contributed by atoms with Gasteiger partial charge in [0.1, 0.15) is 0 Å². The first-order chi connectivity index (χ1) is 8.37. The molecule has 2 N–H and O–H groups in total. The largest absolute Gasteiger partial charge is 0.369 e. The summed E-state index contributed by atoms with van der Waals surface area (Å²) in [7, 11) is -2.44. The van der Waals surface area contributed by atoms with Gasteiger partial charge in [0.05, 0.1) is 23.9 Å². The van der Waals surface area contributed by atoms with E-state index >= 15 is 0 Å². The maximum absolute atomic E-state index is 12.0. The smallest absolute Gasteiger partial charge is 0.243 e. The molecule has 1 rings (SSSR count). The number of nitriles is 1. The van der Waals surface area contributed by atoms with Crippen LogP contribution < -0.4 is 5.73 Å². The van der Waals surface area contributed by atoms with Gasteiger partial charge in [0, 0.05) is 7.05 Å². The van der Waals surface area contributed by atoms with E-state index in [2.05, 4.69) is 0 Å². The van der Waals surface area contributed by atoms with Crippen LogP contribution in [0.15, 0.2) is 29.2 Å². The van der Waals surface area contributed by atoms with Gasteiger partial charge in [-0.05, 0) is 17.7 Å². The monoisotopic (exact) mass is 267 g/mol. The number of sulfonamides is 1. The number of benzene rings is 1. The van der Waals surface area contributed by atoms with E-state index in [1.807, 2.05) is 6.07 Å². The lowest BCUT2D eigenvalue weighted by atomic mass is 10.2. The van der Waals surface area contributed by atoms with Gasteiger partial charge in [-0.3, -0.25) is 4.79 Å². The van der Waals surface area contributed by atoms with Gasteiger partial charge in [-0.25, -0.2) is 8.42 Å². The Morgan fingerprint density at radius 2 is 1.94 bits per heavy atom. The number of hydrogen-bond donors (Lipinski definition) is 1. The van der Waals surface area contributed by atoms with Crippen molar-refractivity contribution < 1.29 is 13.2 Å². The minimum atomic E-state index is -3.72. The van der Waals surface area contributed by atoms with Crippen LogP contribution in [-0.4, -0.2) is 32.2 Å². The van der Waals surface area contributed by atoms with E-state index in [9.17, 15) is 13.2 Å². The zero-order valence-electron chi connectivity index (χ0n) is 9.83. The molecule has 0 aliphatic heterocycles. The third-order valence-corrected chi connectivity index (χ3v) is 4.11. The van der Waals surface area contributed by atoms with Gasteiger partial charge < -0.3 is 5.73 Å². The molecule has 0 fully saturated rings. The Morgan fingerprint density at radius 3 is 2.39 bits per heavy atom. The van der Waals surface area contributed by atoms with E-state index in [4.69, 9.17) is 11.0 Å². The van der Waals surface area contributed by atoms with Crippen LogP contribution in [-0.2, 0) is 21.2 Å². The molecule has 7 heteroatoms. The molecule has 0 radical (unpaired) electrons. The minimum absolute atomic E-state index is 0.0629. The minimum Gasteiger partial charge on any atom is -0.369 e. The van der Waals surface area contributed by atoms with Crippen LogP contribution in [0.4, 0.5) is 0 Å². The molecular weight excluding hydrogens is 254 g/mol. The van der Waals surface area contributed by atoms with Crippen LogP contribution in [0.3, 0.4) is 0 Å². The molecule has 0 unspecified atom stereocenters. The van der Waals surface area contributed by atoms with Crippen LogP contribution in [0.1, 0.15) is 5.56 Å². The summed E-state index contributed by atoms with van der Waals surface area (Å²) in [5.41, 5.74) is 5.68. The van der Waals surface area contributed by atoms with Crippen LogP contribution >= 0.6 is 0 Å². The molecule has 0 aliphatic rings. The van der Waals surface area contributed by atoms with Crippen molar-refractivity contribution >= 4 is 15.9 Å². The summed E-state index contributed by atoms with van der Waals surface area (Å²) in [5.74, 6) is -0.720. The predicted molar refractivity (Wildman–Crippen MR) is 64.8 cm³/mol. The van der Waals surface area contributed by atoms with Gasteiger partial charge in [0.2, 0.25) is 15.9 Å². The van der Waals surface area contributed by atoms with E-state index in [0.29, 0.717) is 0 Å². The molecule has 1 aromatic rings. The Kier molecular flexibility index (Phi) is 4.42. The van der Waals surface area contributed by atoms with Crippen LogP contribution in [0.5, 0.6) is 0 Å². The highest BCUT2D eigenvalue weighted by Crippen LogP contribution is 2.15. The van der Waals surface area contributed by atoms with Gasteiger partial charge in [-0.2, -0.15) is 9.57 Å². The summed E-state index contributed by atoms with van der Waals surface area (Å²) in [5, 5.41) is 8.51. The van der Waals surface area contributed by atoms with Crippen LogP contribution in [0.25, 0.3) is 0 Å². The average molecular weight is 267 g/mol. The van der Waals surface area contributed by atoms with E-state index in [0.717, 1.165) is 9.87 Å². The van der Waals surface area contributed by atoms with Crippen molar-refractivity contribution in [2.45, 2.75) is 11.3 Å². The number of likely N-dealkylation sites (N-methyl/N-ethyl adjacent to an activating group) is 1. The molecule has 0 bridgehead atoms. The summed E-state index contributed by atoms with van der Waals surface area (Å²) in [6.45, 7) is -0.373. The third-order valence-electron chi connectivity index (χ3n) is 2.29. The molecule has 0 heterocycles. The van der Waals surface area contributed by atoms with E-state index in [1.54, 1.807) is 12.1 Å². The van der Waals surface area contributed by atoms with Crippen molar-refractivity contribution in [1.82, 2.24) is 4.31 Å². The zero-order chi connectivity index (χ0) is 13.8. The van der Waals surface area contributed by atoms with Crippen LogP contribution in [0, 0.1) is 11.3 Å². The lowest BCUT2D eigenvalue weighted by Crippen LogP contribution is -2.35. The number of hydrogen-bond acceptors (Lipinski definition) is 4. The molecule has 0 spiro atoms. The molecule has 0 aromatic heterocycles. The molecule has 0 saturated heterocycles. The van der Waals surface area contributed by atoms with E-state index in [-0.39, 0.29) is 17.9 Å². The molecule has 0 atom stereocenters. The Balaban J connectivity index is 2.99. The lowest BCUT2D eigenvalue weighted by molar-refractivity contribution is -0.118. The number of primary amides is 1. The van der Waals surface area contributed by atoms with Crippen molar-refractivity contribution in [2.75, 3.05) is 13.6 Å². The Morgan fingerprint density at radius 1 is 1.39 bits per heavy atom. The second-order valence-corrected chi connectivity index (χ2v) is 5.75. The summed E-state index contributed by atoms with van der Waals surface area (Å²) in [6.07, 6.45) is 0.220. The molecular formula is C11H13N3O3S. The van der Waals surface area contributed by atoms with Gasteiger partial charge in [-0.1, -0.05) is 12.1 Å². The fraction of sp³-hybridized carbons (Fsp3) is 0.273. The SMILES string of the molecule is CN(CC(N)=O)S(=O)(=O)c1ccc(CC#N)cc1. The highest BCUT2D eigenvalue weighted by Gasteiger charge is 2.21. The maximum atomic E-state index is 12.0. The number of nitrogens with zero attached hydrogens (tertiary/aromatic N) is 2. The van der Waals surface area contributed by atoms with Crippen LogP contribution in [0.2, 0.25) is 0 Å². The highest BCUT2D eigenvalue weighted by molar-refractivity contribution is 7.89. The Hall–Kier alpha value is -1.91. The third kappa shape index (κ3) is 3.29. The fourth-order valence-electron chi connectivity index (χ4n) is 1.35. The molecule has 0 aliphatic carbocycles. The number of rotatable bonds is 5. The second-order valence-electron chi connectivity index (χ2n) is 3.71. The molecule has 1 amide bonds. The van der Waals surface area contributed by atoms with Gasteiger partial charge >= 0.3 is 0 Å². The van der Waals surface area contributed by atoms with Crippen molar-refractivity contribution in [2.24, 2.45) is 5.73 Å². The first kappa shape index (κ1) is 14.2. The maximum Gasteiger partial charge on any atom is 0.243 e. The first-order valence-electron chi connectivity index (χ1n) is 5.08. The van der Waals surface area contributed by atoms with Crippen molar-refractivity contribution in [1.29, 1.82) is 5.26 Å². The molecule has 18 heavy (non-hydrogen) atoms. The van der Waals surface area contributed by atoms with Crippen molar-refractivity contribution in [3.05, 3.63) is 29.8 Å². The number of carbonyl (C=O) groups excluding carboxylic acids is 1. The Labute approximate surface area is 106 Å². The first-order valence-corrected chi connectivity index (χ1v) is 6.52. The zero-order valence-corrected chi connectivity index (χ0v) is 10.6. The van der Waals surface area contributed by atoms with E-state index in [1.165, 1.54) is 19.2 Å². The van der Waals surface area contributed by atoms with Crippen molar-refractivity contribution in [3.8, 4) is 6.07 Å². The fourth-order valence-corrected chi connectivity index (χ4v) is 2.49. The molecule has 0 saturated carbocycles. The highest BCUT2D eigenvalue weighted by atomic mass is 32.2. The summed E-state index contributed by atoms with van der Waals surface area (Å²) in [6, 6.07) is 7.90. The normalized spacial score (nSPS) is 11.2. The topological polar surface area (TPSA) is 104 Å². The molecule has 1 aromatic carbocycles. The quantitative estimate of drug-likeness (QED) is 0.801. The average Bonchev–Trinajstić information content (AvgIpc) is 2.29. The van der Waals surface area contributed by atoms with Gasteiger partial charge in [0.15, 0.2) is 0 Å². The standard InChI is InChI=1S/C11H13N3O3S/c1-14(8-11(13)15)18(16,17)10-4-2-9(3-5-10)6-7-12/h2-5H,6,8H2,1H3,(H2,13,15). The lowest BCUT2D eigenvalue weighted by Gasteiger charge is -2.15. The summed E-state index contributed by atoms with van der Waals surface area (Å²) >= 11 is 0. The second kappa shape index (κ2) is 5.62. The predicted octanol–water partition coefficient (Wildman–Crippen LogP) is -0.142. The number of nitrogens with two attached hydrogens (primary N) is 1. The van der Waals surface area contributed by atoms with Gasteiger partial charge in [-0.15, -0.1) is 0 Å². The summed E-state index contributed by atoms with van der Waals surface area (Å²) in [4.78, 5) is 10.8. The number of carbonyl (C=O) groups is 1. The van der Waals surface area contributed by atoms with Gasteiger partial charge in [0.25, 0.3) is 0 Å². The van der Waals surface area contributed by atoms with Crippen molar-refractivity contribution in [3.63, 3.8) is 0 Å². The Bertz CT molecular complexity index is 573. The number of amides is 1. The summed E-state index contributed by atoms with van der Waals surface area (Å²) < 4.78 is 24.9.